The third-order valence-electron chi connectivity index (χ3n) is 5.41. The molecule has 138 valence electrons. The van der Waals surface area contributed by atoms with Gasteiger partial charge in [0.25, 0.3) is 0 Å². The van der Waals surface area contributed by atoms with Crippen molar-refractivity contribution in [3.63, 3.8) is 0 Å². The van der Waals surface area contributed by atoms with Crippen molar-refractivity contribution in [2.24, 2.45) is 5.41 Å². The SMILES string of the molecule is CCNC(=O)N1CC(c2nc(-c3cccnc3)no2)C2(CCOCC2)C1. The number of hydrogen-bond donors (Lipinski definition) is 1. The van der Waals surface area contributed by atoms with Crippen LogP contribution < -0.4 is 5.32 Å². The Bertz CT molecular complexity index is 757. The fraction of sp³-hybridized carbons (Fsp3) is 0.556. The second-order valence-corrected chi connectivity index (χ2v) is 6.94. The Morgan fingerprint density at radius 1 is 1.42 bits per heavy atom. The van der Waals surface area contributed by atoms with Gasteiger partial charge >= 0.3 is 6.03 Å². The molecule has 2 aliphatic rings. The molecule has 4 rings (SSSR count). The lowest BCUT2D eigenvalue weighted by atomic mass is 9.72. The molecule has 1 spiro atoms. The number of pyridine rings is 1. The van der Waals surface area contributed by atoms with E-state index in [-0.39, 0.29) is 17.4 Å². The van der Waals surface area contributed by atoms with Crippen LogP contribution in [0.5, 0.6) is 0 Å². The highest BCUT2D eigenvalue weighted by atomic mass is 16.5. The van der Waals surface area contributed by atoms with Crippen molar-refractivity contribution < 1.29 is 14.1 Å². The summed E-state index contributed by atoms with van der Waals surface area (Å²) in [4.78, 5) is 23.0. The van der Waals surface area contributed by atoms with Crippen LogP contribution in [0, 0.1) is 5.41 Å². The maximum absolute atomic E-state index is 12.4. The van der Waals surface area contributed by atoms with Crippen LogP contribution >= 0.6 is 0 Å². The van der Waals surface area contributed by atoms with Gasteiger partial charge in [0.05, 0.1) is 5.92 Å². The largest absolute Gasteiger partial charge is 0.381 e. The Labute approximate surface area is 151 Å². The summed E-state index contributed by atoms with van der Waals surface area (Å²) in [5.41, 5.74) is 0.754. The average molecular weight is 357 g/mol. The highest BCUT2D eigenvalue weighted by molar-refractivity contribution is 5.74. The number of aromatic nitrogens is 3. The van der Waals surface area contributed by atoms with Crippen molar-refractivity contribution in [3.8, 4) is 11.4 Å². The van der Waals surface area contributed by atoms with Gasteiger partial charge in [0, 0.05) is 56.2 Å². The van der Waals surface area contributed by atoms with Gasteiger partial charge in [0.1, 0.15) is 0 Å². The standard InChI is InChI=1S/C18H23N5O3/c1-2-20-17(24)23-11-14(18(12-23)5-8-25-9-6-18)16-21-15(22-26-16)13-4-3-7-19-10-13/h3-4,7,10,14H,2,5-6,8-9,11-12H2,1H3,(H,20,24). The lowest BCUT2D eigenvalue weighted by Crippen LogP contribution is -2.41. The van der Waals surface area contributed by atoms with Gasteiger partial charge in [-0.15, -0.1) is 0 Å². The first-order valence-electron chi connectivity index (χ1n) is 9.06. The molecule has 2 aromatic heterocycles. The summed E-state index contributed by atoms with van der Waals surface area (Å²) in [6.45, 7) is 5.21. The minimum absolute atomic E-state index is 0.0203. The van der Waals surface area contributed by atoms with Gasteiger partial charge in [-0.05, 0) is 31.9 Å². The second kappa shape index (κ2) is 7.03. The molecule has 4 heterocycles. The number of carbonyl (C=O) groups excluding carboxylic acids is 1. The zero-order chi connectivity index (χ0) is 18.0. The Morgan fingerprint density at radius 3 is 3.00 bits per heavy atom. The van der Waals surface area contributed by atoms with Crippen molar-refractivity contribution in [1.82, 2.24) is 25.3 Å². The number of hydrogen-bond acceptors (Lipinski definition) is 6. The van der Waals surface area contributed by atoms with Crippen LogP contribution in [-0.2, 0) is 4.74 Å². The van der Waals surface area contributed by atoms with Crippen LogP contribution in [0.15, 0.2) is 29.0 Å². The summed E-state index contributed by atoms with van der Waals surface area (Å²) in [6.07, 6.45) is 5.20. The lowest BCUT2D eigenvalue weighted by Gasteiger charge is -2.36. The summed E-state index contributed by atoms with van der Waals surface area (Å²) >= 11 is 0. The first-order chi connectivity index (χ1) is 12.7. The summed E-state index contributed by atoms with van der Waals surface area (Å²) < 4.78 is 11.2. The van der Waals surface area contributed by atoms with Gasteiger partial charge in [0.15, 0.2) is 0 Å². The van der Waals surface area contributed by atoms with Crippen molar-refractivity contribution in [3.05, 3.63) is 30.4 Å². The number of nitrogens with one attached hydrogen (secondary N) is 1. The van der Waals surface area contributed by atoms with Gasteiger partial charge in [-0.3, -0.25) is 4.98 Å². The molecule has 1 N–H and O–H groups in total. The molecular formula is C18H23N5O3. The highest BCUT2D eigenvalue weighted by Crippen LogP contribution is 2.49. The molecule has 8 heteroatoms. The van der Waals surface area contributed by atoms with Crippen LogP contribution in [0.1, 0.15) is 31.6 Å². The fourth-order valence-corrected chi connectivity index (χ4v) is 4.00. The second-order valence-electron chi connectivity index (χ2n) is 6.94. The smallest absolute Gasteiger partial charge is 0.317 e. The molecule has 2 aromatic rings. The van der Waals surface area contributed by atoms with Crippen LogP contribution in [0.25, 0.3) is 11.4 Å². The maximum Gasteiger partial charge on any atom is 0.317 e. The van der Waals surface area contributed by atoms with E-state index >= 15 is 0 Å². The molecule has 2 fully saturated rings. The molecule has 0 aromatic carbocycles. The Morgan fingerprint density at radius 2 is 2.27 bits per heavy atom. The average Bonchev–Trinajstić information content (AvgIpc) is 3.29. The third-order valence-corrected chi connectivity index (χ3v) is 5.41. The molecule has 26 heavy (non-hydrogen) atoms. The molecule has 0 saturated carbocycles. The summed E-state index contributed by atoms with van der Waals surface area (Å²) in [7, 11) is 0. The number of nitrogens with zero attached hydrogens (tertiary/aromatic N) is 4. The first-order valence-corrected chi connectivity index (χ1v) is 9.06. The predicted octanol–water partition coefficient (Wildman–Crippen LogP) is 2.06. The van der Waals surface area contributed by atoms with E-state index in [9.17, 15) is 4.79 Å². The maximum atomic E-state index is 12.4. The monoisotopic (exact) mass is 357 g/mol. The molecule has 8 nitrogen and oxygen atoms in total. The van der Waals surface area contributed by atoms with Crippen molar-refractivity contribution >= 4 is 6.03 Å². The molecule has 1 unspecified atom stereocenters. The summed E-state index contributed by atoms with van der Waals surface area (Å²) in [6, 6.07) is 3.71. The molecule has 2 saturated heterocycles. The molecule has 0 aliphatic carbocycles. The van der Waals surface area contributed by atoms with Crippen LogP contribution in [-0.4, -0.2) is 58.9 Å². The Balaban J connectivity index is 1.62. The van der Waals surface area contributed by atoms with Gasteiger partial charge < -0.3 is 19.5 Å². The van der Waals surface area contributed by atoms with Crippen LogP contribution in [0.3, 0.4) is 0 Å². The number of ether oxygens (including phenoxy) is 1. The van der Waals surface area contributed by atoms with Gasteiger partial charge in [-0.2, -0.15) is 4.98 Å². The van der Waals surface area contributed by atoms with Crippen molar-refractivity contribution in [2.45, 2.75) is 25.7 Å². The number of likely N-dealkylation sites (tertiary alicyclic amines) is 1. The van der Waals surface area contributed by atoms with E-state index < -0.39 is 0 Å². The van der Waals surface area contributed by atoms with E-state index in [1.807, 2.05) is 24.0 Å². The van der Waals surface area contributed by atoms with E-state index in [4.69, 9.17) is 9.26 Å². The molecule has 0 radical (unpaired) electrons. The molecule has 1 atom stereocenters. The number of rotatable bonds is 3. The van der Waals surface area contributed by atoms with Crippen molar-refractivity contribution in [1.29, 1.82) is 0 Å². The van der Waals surface area contributed by atoms with Crippen LogP contribution in [0.4, 0.5) is 4.79 Å². The number of urea groups is 1. The highest BCUT2D eigenvalue weighted by Gasteiger charge is 2.51. The quantitative estimate of drug-likeness (QED) is 0.904. The minimum atomic E-state index is -0.0674. The molecule has 2 amide bonds. The van der Waals surface area contributed by atoms with E-state index in [0.717, 1.165) is 18.4 Å². The lowest BCUT2D eigenvalue weighted by molar-refractivity contribution is 0.00943. The first kappa shape index (κ1) is 17.0. The van der Waals surface area contributed by atoms with Crippen LogP contribution in [0.2, 0.25) is 0 Å². The molecule has 0 bridgehead atoms. The van der Waals surface area contributed by atoms with Gasteiger partial charge in [0.2, 0.25) is 11.7 Å². The van der Waals surface area contributed by atoms with E-state index in [0.29, 0.717) is 44.6 Å². The number of amides is 2. The Kier molecular flexibility index (Phi) is 4.58. The van der Waals surface area contributed by atoms with E-state index in [1.54, 1.807) is 12.4 Å². The van der Waals surface area contributed by atoms with Gasteiger partial charge in [-0.1, -0.05) is 5.16 Å². The summed E-state index contributed by atoms with van der Waals surface area (Å²) in [5, 5.41) is 7.03. The fourth-order valence-electron chi connectivity index (χ4n) is 4.00. The topological polar surface area (TPSA) is 93.4 Å². The molecular weight excluding hydrogens is 334 g/mol. The normalized spacial score (nSPS) is 21.9. The Hall–Kier alpha value is -2.48. The third kappa shape index (κ3) is 3.05. The predicted molar refractivity (Wildman–Crippen MR) is 93.4 cm³/mol. The zero-order valence-corrected chi connectivity index (χ0v) is 14.9. The van der Waals surface area contributed by atoms with Crippen molar-refractivity contribution in [2.75, 3.05) is 32.8 Å². The van der Waals surface area contributed by atoms with E-state index in [1.165, 1.54) is 0 Å². The van der Waals surface area contributed by atoms with E-state index in [2.05, 4.69) is 20.4 Å². The minimum Gasteiger partial charge on any atom is -0.381 e. The summed E-state index contributed by atoms with van der Waals surface area (Å²) in [5.74, 6) is 1.15. The molecule has 2 aliphatic heterocycles. The van der Waals surface area contributed by atoms with Gasteiger partial charge in [-0.25, -0.2) is 4.79 Å². The zero-order valence-electron chi connectivity index (χ0n) is 14.9. The number of carbonyl (C=O) groups is 1.